The van der Waals surface area contributed by atoms with E-state index in [1.165, 1.54) is 12.8 Å². The van der Waals surface area contributed by atoms with Gasteiger partial charge in [0.05, 0.1) is 0 Å². The van der Waals surface area contributed by atoms with Crippen molar-refractivity contribution in [2.24, 2.45) is 5.41 Å². The normalized spacial score (nSPS) is 14.7. The van der Waals surface area contributed by atoms with E-state index in [0.717, 1.165) is 0 Å². The van der Waals surface area contributed by atoms with E-state index in [-0.39, 0.29) is 0 Å². The third-order valence-electron chi connectivity index (χ3n) is 2.05. The average molecular weight is 154 g/mol. The number of hydrogen-bond acceptors (Lipinski definition) is 0. The van der Waals surface area contributed by atoms with Gasteiger partial charge in [-0.3, -0.25) is 0 Å². The molecule has 0 amide bonds. The lowest BCUT2D eigenvalue weighted by atomic mass is 9.86. The maximum absolute atomic E-state index is 2.29. The summed E-state index contributed by atoms with van der Waals surface area (Å²) >= 11 is 0. The van der Waals surface area contributed by atoms with Crippen LogP contribution in [0.15, 0.2) is 11.1 Å². The van der Waals surface area contributed by atoms with E-state index in [2.05, 4.69) is 41.5 Å². The molecule has 0 heterocycles. The van der Waals surface area contributed by atoms with Crippen LogP contribution in [0.3, 0.4) is 0 Å². The fourth-order valence-electron chi connectivity index (χ4n) is 1.25. The van der Waals surface area contributed by atoms with Crippen LogP contribution < -0.4 is 0 Å². The molecule has 0 aromatic heterocycles. The van der Waals surface area contributed by atoms with Crippen LogP contribution in [0.1, 0.15) is 54.4 Å². The topological polar surface area (TPSA) is 0 Å². The van der Waals surface area contributed by atoms with E-state index < -0.39 is 0 Å². The van der Waals surface area contributed by atoms with Gasteiger partial charge in [-0.1, -0.05) is 38.8 Å². The van der Waals surface area contributed by atoms with Crippen LogP contribution in [-0.4, -0.2) is 0 Å². The van der Waals surface area contributed by atoms with Crippen LogP contribution in [0.2, 0.25) is 0 Å². The fourth-order valence-corrected chi connectivity index (χ4v) is 1.25. The van der Waals surface area contributed by atoms with Crippen molar-refractivity contribution < 1.29 is 0 Å². The highest BCUT2D eigenvalue weighted by Gasteiger charge is 2.11. The van der Waals surface area contributed by atoms with E-state index in [1.807, 2.05) is 0 Å². The average Bonchev–Trinajstić information content (AvgIpc) is 1.82. The van der Waals surface area contributed by atoms with E-state index in [4.69, 9.17) is 0 Å². The minimum absolute atomic E-state index is 0.445. The molecule has 0 unspecified atom stereocenters. The predicted molar refractivity (Wildman–Crippen MR) is 52.7 cm³/mol. The molecule has 0 aliphatic rings. The molecule has 0 fully saturated rings. The Kier molecular flexibility index (Phi) is 3.85. The van der Waals surface area contributed by atoms with Gasteiger partial charge in [0.25, 0.3) is 0 Å². The molecule has 11 heavy (non-hydrogen) atoms. The molecule has 0 saturated heterocycles. The number of rotatable bonds is 2. The lowest BCUT2D eigenvalue weighted by Gasteiger charge is -2.19. The number of hydrogen-bond donors (Lipinski definition) is 0. The fraction of sp³-hybridized carbons (Fsp3) is 0.818. The summed E-state index contributed by atoms with van der Waals surface area (Å²) in [7, 11) is 0. The van der Waals surface area contributed by atoms with Crippen molar-refractivity contribution in [2.45, 2.75) is 54.4 Å². The molecule has 0 rings (SSSR count). The summed E-state index contributed by atoms with van der Waals surface area (Å²) in [6, 6.07) is 0. The van der Waals surface area contributed by atoms with Crippen molar-refractivity contribution in [1.29, 1.82) is 0 Å². The summed E-state index contributed by atoms with van der Waals surface area (Å²) in [5.74, 6) is 0. The van der Waals surface area contributed by atoms with Gasteiger partial charge in [-0.2, -0.15) is 0 Å². The summed E-state index contributed by atoms with van der Waals surface area (Å²) in [5.41, 5.74) is 3.57. The first kappa shape index (κ1) is 10.7. The zero-order valence-corrected chi connectivity index (χ0v) is 8.91. The van der Waals surface area contributed by atoms with Gasteiger partial charge >= 0.3 is 0 Å². The highest BCUT2D eigenvalue weighted by molar-refractivity contribution is 5.10. The Labute approximate surface area is 71.7 Å². The SMILES string of the molecule is CCC(C)=C(C)CC(C)(C)C. The van der Waals surface area contributed by atoms with Crippen molar-refractivity contribution in [3.8, 4) is 0 Å². The smallest absolute Gasteiger partial charge is 0.0271 e. The standard InChI is InChI=1S/C11H22/c1-7-9(2)10(3)8-11(4,5)6/h7-8H2,1-6H3. The van der Waals surface area contributed by atoms with Crippen LogP contribution >= 0.6 is 0 Å². The Morgan fingerprint density at radius 1 is 1.00 bits per heavy atom. The molecular weight excluding hydrogens is 132 g/mol. The second-order valence-electron chi connectivity index (χ2n) is 4.65. The van der Waals surface area contributed by atoms with E-state index in [1.54, 1.807) is 11.1 Å². The summed E-state index contributed by atoms with van der Waals surface area (Å²) < 4.78 is 0. The molecule has 0 saturated carbocycles. The minimum Gasteiger partial charge on any atom is -0.0747 e. The monoisotopic (exact) mass is 154 g/mol. The van der Waals surface area contributed by atoms with Gasteiger partial charge in [0.2, 0.25) is 0 Å². The van der Waals surface area contributed by atoms with Gasteiger partial charge in [-0.05, 0) is 32.1 Å². The van der Waals surface area contributed by atoms with Gasteiger partial charge in [0.15, 0.2) is 0 Å². The van der Waals surface area contributed by atoms with Gasteiger partial charge in [-0.15, -0.1) is 0 Å². The first-order valence-corrected chi connectivity index (χ1v) is 4.52. The lowest BCUT2D eigenvalue weighted by molar-refractivity contribution is 0.408. The Hall–Kier alpha value is -0.260. The molecule has 0 heteroatoms. The van der Waals surface area contributed by atoms with E-state index in [0.29, 0.717) is 5.41 Å². The molecule has 0 atom stereocenters. The van der Waals surface area contributed by atoms with Gasteiger partial charge in [-0.25, -0.2) is 0 Å². The quantitative estimate of drug-likeness (QED) is 0.524. The molecule has 0 aromatic carbocycles. The van der Waals surface area contributed by atoms with Gasteiger partial charge < -0.3 is 0 Å². The van der Waals surface area contributed by atoms with Gasteiger partial charge in [0.1, 0.15) is 0 Å². The molecule has 0 N–H and O–H groups in total. The van der Waals surface area contributed by atoms with Crippen molar-refractivity contribution in [1.82, 2.24) is 0 Å². The Morgan fingerprint density at radius 2 is 1.45 bits per heavy atom. The van der Waals surface area contributed by atoms with Crippen molar-refractivity contribution in [2.75, 3.05) is 0 Å². The van der Waals surface area contributed by atoms with Crippen molar-refractivity contribution in [3.63, 3.8) is 0 Å². The first-order valence-electron chi connectivity index (χ1n) is 4.52. The Morgan fingerprint density at radius 3 is 1.73 bits per heavy atom. The van der Waals surface area contributed by atoms with E-state index in [9.17, 15) is 0 Å². The minimum atomic E-state index is 0.445. The van der Waals surface area contributed by atoms with Gasteiger partial charge in [0, 0.05) is 0 Å². The van der Waals surface area contributed by atoms with E-state index >= 15 is 0 Å². The third kappa shape index (κ3) is 5.06. The largest absolute Gasteiger partial charge is 0.0747 e. The highest BCUT2D eigenvalue weighted by Crippen LogP contribution is 2.25. The number of allylic oxidation sites excluding steroid dienone is 2. The molecule has 0 aliphatic carbocycles. The van der Waals surface area contributed by atoms with Crippen LogP contribution in [0, 0.1) is 5.41 Å². The summed E-state index contributed by atoms with van der Waals surface area (Å²) in [5, 5.41) is 0. The predicted octanol–water partition coefficient (Wildman–Crippen LogP) is 4.17. The summed E-state index contributed by atoms with van der Waals surface area (Å²) in [6.07, 6.45) is 2.43. The third-order valence-corrected chi connectivity index (χ3v) is 2.05. The molecule has 66 valence electrons. The van der Waals surface area contributed by atoms with Crippen LogP contribution in [0.25, 0.3) is 0 Å². The molecule has 0 bridgehead atoms. The molecule has 0 spiro atoms. The van der Waals surface area contributed by atoms with Crippen LogP contribution in [0.4, 0.5) is 0 Å². The molecular formula is C11H22. The zero-order valence-electron chi connectivity index (χ0n) is 8.91. The maximum atomic E-state index is 2.29. The first-order chi connectivity index (χ1) is 4.87. The highest BCUT2D eigenvalue weighted by atomic mass is 14.2. The molecule has 0 radical (unpaired) electrons. The second-order valence-corrected chi connectivity index (χ2v) is 4.65. The zero-order chi connectivity index (χ0) is 9.07. The maximum Gasteiger partial charge on any atom is -0.0271 e. The Balaban J connectivity index is 4.17. The molecule has 0 aliphatic heterocycles. The molecule has 0 nitrogen and oxygen atoms in total. The second kappa shape index (κ2) is 3.94. The van der Waals surface area contributed by atoms with Crippen LogP contribution in [-0.2, 0) is 0 Å². The van der Waals surface area contributed by atoms with Crippen molar-refractivity contribution in [3.05, 3.63) is 11.1 Å². The molecule has 0 aromatic rings. The summed E-state index contributed by atoms with van der Waals surface area (Å²) in [4.78, 5) is 0. The Bertz CT molecular complexity index is 144. The lowest BCUT2D eigenvalue weighted by Crippen LogP contribution is -2.05. The van der Waals surface area contributed by atoms with Crippen molar-refractivity contribution >= 4 is 0 Å². The summed E-state index contributed by atoms with van der Waals surface area (Å²) in [6.45, 7) is 13.6. The van der Waals surface area contributed by atoms with Crippen LogP contribution in [0.5, 0.6) is 0 Å².